The van der Waals surface area contributed by atoms with Crippen molar-refractivity contribution in [3.8, 4) is 0 Å². The van der Waals surface area contributed by atoms with Crippen molar-refractivity contribution >= 4 is 38.0 Å². The number of unbranched alkanes of at least 4 members (excludes halogenated alkanes) is 1. The van der Waals surface area contributed by atoms with Crippen molar-refractivity contribution in [3.63, 3.8) is 0 Å². The quantitative estimate of drug-likeness (QED) is 0.681. The van der Waals surface area contributed by atoms with Gasteiger partial charge in [-0.2, -0.15) is 0 Å². The zero-order valence-electron chi connectivity index (χ0n) is 18.5. The highest BCUT2D eigenvalue weighted by Gasteiger charge is 2.35. The number of carbonyl (C=O) groups excluding carboxylic acids is 2. The summed E-state index contributed by atoms with van der Waals surface area (Å²) in [5, 5.41) is 6.52. The number of hydrogen-bond acceptors (Lipinski definition) is 5. The third-order valence-electron chi connectivity index (χ3n) is 6.30. The first kappa shape index (κ1) is 23.3. The van der Waals surface area contributed by atoms with Crippen LogP contribution in [0.2, 0.25) is 0 Å². The van der Waals surface area contributed by atoms with E-state index in [-0.39, 0.29) is 34.8 Å². The standard InChI is InChI=1S/C22H34N2O4S2/c1-5-6-7-18(25)24-21-19(20(26)23-15-10-11-30(27,28)13-15)16-9-8-14(22(2,3)4)12-17(16)29-21/h14-15H,5-13H2,1-4H3,(H,23,26)(H,24,25)/t14-,15+/m1/s1. The molecule has 2 N–H and O–H groups in total. The number of sulfone groups is 1. The van der Waals surface area contributed by atoms with Gasteiger partial charge in [-0.3, -0.25) is 9.59 Å². The summed E-state index contributed by atoms with van der Waals surface area (Å²) < 4.78 is 23.6. The maximum absolute atomic E-state index is 13.2. The maximum atomic E-state index is 13.2. The van der Waals surface area contributed by atoms with E-state index in [0.29, 0.717) is 29.3 Å². The summed E-state index contributed by atoms with van der Waals surface area (Å²) >= 11 is 1.52. The third kappa shape index (κ3) is 5.44. The summed E-state index contributed by atoms with van der Waals surface area (Å²) in [5.41, 5.74) is 1.77. The predicted molar refractivity (Wildman–Crippen MR) is 122 cm³/mol. The molecule has 1 aliphatic heterocycles. The topological polar surface area (TPSA) is 92.3 Å². The molecule has 0 radical (unpaired) electrons. The maximum Gasteiger partial charge on any atom is 0.254 e. The Morgan fingerprint density at radius 2 is 1.93 bits per heavy atom. The fraction of sp³-hybridized carbons (Fsp3) is 0.727. The summed E-state index contributed by atoms with van der Waals surface area (Å²) in [5.74, 6) is 0.321. The lowest BCUT2D eigenvalue weighted by atomic mass is 9.72. The first-order chi connectivity index (χ1) is 14.0. The molecule has 0 saturated carbocycles. The Morgan fingerprint density at radius 1 is 1.20 bits per heavy atom. The largest absolute Gasteiger partial charge is 0.348 e. The molecule has 0 spiro atoms. The van der Waals surface area contributed by atoms with Crippen LogP contribution in [0.15, 0.2) is 0 Å². The van der Waals surface area contributed by atoms with Crippen molar-refractivity contribution in [1.29, 1.82) is 0 Å². The lowest BCUT2D eigenvalue weighted by molar-refractivity contribution is -0.116. The molecule has 1 aromatic heterocycles. The van der Waals surface area contributed by atoms with Gasteiger partial charge in [0.1, 0.15) is 5.00 Å². The Balaban J connectivity index is 1.86. The Labute approximate surface area is 184 Å². The molecule has 2 aliphatic rings. The third-order valence-corrected chi connectivity index (χ3v) is 9.23. The number of amides is 2. The van der Waals surface area contributed by atoms with Gasteiger partial charge in [0, 0.05) is 17.3 Å². The van der Waals surface area contributed by atoms with Crippen LogP contribution >= 0.6 is 11.3 Å². The summed E-state index contributed by atoms with van der Waals surface area (Å²) in [6.07, 6.45) is 5.36. The van der Waals surface area contributed by atoms with Crippen LogP contribution < -0.4 is 10.6 Å². The molecular weight excluding hydrogens is 420 g/mol. The molecular formula is C22H34N2O4S2. The number of carbonyl (C=O) groups is 2. The van der Waals surface area contributed by atoms with Gasteiger partial charge in [0.15, 0.2) is 9.84 Å². The van der Waals surface area contributed by atoms with Crippen LogP contribution in [0.5, 0.6) is 0 Å². The van der Waals surface area contributed by atoms with Gasteiger partial charge >= 0.3 is 0 Å². The summed E-state index contributed by atoms with van der Waals surface area (Å²) in [7, 11) is -3.07. The van der Waals surface area contributed by atoms with Gasteiger partial charge < -0.3 is 10.6 Å². The number of fused-ring (bicyclic) bond motifs is 1. The molecule has 8 heteroatoms. The molecule has 2 heterocycles. The van der Waals surface area contributed by atoms with E-state index in [2.05, 4.69) is 31.4 Å². The molecule has 2 atom stereocenters. The second kappa shape index (κ2) is 8.99. The van der Waals surface area contributed by atoms with Crippen LogP contribution in [0.3, 0.4) is 0 Å². The average molecular weight is 455 g/mol. The molecule has 1 fully saturated rings. The van der Waals surface area contributed by atoms with E-state index in [0.717, 1.165) is 37.7 Å². The minimum absolute atomic E-state index is 0.00460. The van der Waals surface area contributed by atoms with E-state index in [4.69, 9.17) is 0 Å². The molecule has 6 nitrogen and oxygen atoms in total. The van der Waals surface area contributed by atoms with Crippen LogP contribution in [0.1, 0.15) is 80.6 Å². The van der Waals surface area contributed by atoms with Gasteiger partial charge in [-0.15, -0.1) is 11.3 Å². The molecule has 1 saturated heterocycles. The lowest BCUT2D eigenvalue weighted by Crippen LogP contribution is -2.36. The first-order valence-electron chi connectivity index (χ1n) is 11.0. The minimum Gasteiger partial charge on any atom is -0.348 e. The van der Waals surface area contributed by atoms with Crippen LogP contribution in [0.25, 0.3) is 0 Å². The van der Waals surface area contributed by atoms with Gasteiger partial charge in [0.25, 0.3) is 5.91 Å². The summed E-state index contributed by atoms with van der Waals surface area (Å²) in [6, 6.07) is -0.354. The molecule has 0 aromatic carbocycles. The Hall–Kier alpha value is -1.41. The van der Waals surface area contributed by atoms with E-state index in [9.17, 15) is 18.0 Å². The van der Waals surface area contributed by atoms with Crippen molar-refractivity contribution in [2.45, 2.75) is 78.7 Å². The summed E-state index contributed by atoms with van der Waals surface area (Å²) in [6.45, 7) is 8.78. The van der Waals surface area contributed by atoms with E-state index in [1.807, 2.05) is 6.92 Å². The zero-order chi connectivity index (χ0) is 22.1. The van der Waals surface area contributed by atoms with Gasteiger partial charge in [-0.05, 0) is 49.0 Å². The van der Waals surface area contributed by atoms with E-state index < -0.39 is 9.84 Å². The van der Waals surface area contributed by atoms with E-state index >= 15 is 0 Å². The average Bonchev–Trinajstić information content (AvgIpc) is 3.17. The molecule has 1 aromatic rings. The number of nitrogens with one attached hydrogen (secondary N) is 2. The first-order valence-corrected chi connectivity index (χ1v) is 13.6. The molecule has 1 aliphatic carbocycles. The Morgan fingerprint density at radius 3 is 2.53 bits per heavy atom. The second-order valence-electron chi connectivity index (χ2n) is 9.74. The van der Waals surface area contributed by atoms with Crippen LogP contribution in [-0.4, -0.2) is 37.8 Å². The summed E-state index contributed by atoms with van der Waals surface area (Å²) in [4.78, 5) is 26.8. The van der Waals surface area contributed by atoms with Crippen molar-refractivity contribution in [1.82, 2.24) is 5.32 Å². The molecule has 168 valence electrons. The van der Waals surface area contributed by atoms with Gasteiger partial charge in [-0.25, -0.2) is 8.42 Å². The highest BCUT2D eigenvalue weighted by Crippen LogP contribution is 2.44. The number of anilines is 1. The molecule has 0 unspecified atom stereocenters. The SMILES string of the molecule is CCCCC(=O)Nc1sc2c(c1C(=O)N[C@H]1CCS(=O)(=O)C1)CC[C@@H](C(C)(C)C)C2. The van der Waals surface area contributed by atoms with E-state index in [1.165, 1.54) is 16.2 Å². The van der Waals surface area contributed by atoms with Gasteiger partial charge in [0.05, 0.1) is 17.1 Å². The number of thiophene rings is 1. The lowest BCUT2D eigenvalue weighted by Gasteiger charge is -2.33. The monoisotopic (exact) mass is 454 g/mol. The van der Waals surface area contributed by atoms with Crippen molar-refractivity contribution in [3.05, 3.63) is 16.0 Å². The van der Waals surface area contributed by atoms with Crippen LogP contribution in [0.4, 0.5) is 5.00 Å². The van der Waals surface area contributed by atoms with Crippen LogP contribution in [0, 0.1) is 11.3 Å². The highest BCUT2D eigenvalue weighted by atomic mass is 32.2. The van der Waals surface area contributed by atoms with Gasteiger partial charge in [0.2, 0.25) is 5.91 Å². The molecule has 3 rings (SSSR count). The van der Waals surface area contributed by atoms with Crippen molar-refractivity contribution in [2.24, 2.45) is 11.3 Å². The van der Waals surface area contributed by atoms with Crippen LogP contribution in [-0.2, 0) is 27.5 Å². The normalized spacial score (nSPS) is 23.1. The van der Waals surface area contributed by atoms with Crippen molar-refractivity contribution < 1.29 is 18.0 Å². The number of rotatable bonds is 6. The Kier molecular flexibility index (Phi) is 6.97. The molecule has 0 bridgehead atoms. The predicted octanol–water partition coefficient (Wildman–Crippen LogP) is 3.94. The second-order valence-corrected chi connectivity index (χ2v) is 13.1. The molecule has 2 amide bonds. The highest BCUT2D eigenvalue weighted by molar-refractivity contribution is 7.91. The number of hydrogen-bond donors (Lipinski definition) is 2. The van der Waals surface area contributed by atoms with Gasteiger partial charge in [-0.1, -0.05) is 34.1 Å². The zero-order valence-corrected chi connectivity index (χ0v) is 20.1. The smallest absolute Gasteiger partial charge is 0.254 e. The fourth-order valence-electron chi connectivity index (χ4n) is 4.35. The molecule has 30 heavy (non-hydrogen) atoms. The fourth-order valence-corrected chi connectivity index (χ4v) is 7.36. The van der Waals surface area contributed by atoms with Crippen molar-refractivity contribution in [2.75, 3.05) is 16.8 Å². The minimum atomic E-state index is -3.07. The Bertz CT molecular complexity index is 912. The van der Waals surface area contributed by atoms with E-state index in [1.54, 1.807) is 0 Å².